The molecule has 2 amide bonds. The van der Waals surface area contributed by atoms with E-state index < -0.39 is 0 Å². The highest BCUT2D eigenvalue weighted by atomic mass is 16.5. The van der Waals surface area contributed by atoms with Crippen LogP contribution in [0, 0.1) is 13.8 Å². The minimum Gasteiger partial charge on any atom is -0.495 e. The fraction of sp³-hybridized carbons (Fsp3) is 0.421. The summed E-state index contributed by atoms with van der Waals surface area (Å²) in [5, 5.41) is 7.22. The average Bonchev–Trinajstić information content (AvgIpc) is 3.00. The molecule has 2 heterocycles. The standard InChI is InChI=1S/C19H24N4O3/c1-13-5-6-16(26-3)15(11-13)20-17(24)7-8-19(25)22-9-4-10-23-18(22)12-14(2)21-23/h5-6,11-12H,4,7-10H2,1-3H3,(H,20,24). The Morgan fingerprint density at radius 3 is 2.77 bits per heavy atom. The predicted molar refractivity (Wildman–Crippen MR) is 99.5 cm³/mol. The second-order valence-corrected chi connectivity index (χ2v) is 6.52. The highest BCUT2D eigenvalue weighted by Gasteiger charge is 2.24. The van der Waals surface area contributed by atoms with E-state index in [2.05, 4.69) is 10.4 Å². The summed E-state index contributed by atoms with van der Waals surface area (Å²) in [5.41, 5.74) is 2.54. The van der Waals surface area contributed by atoms with Gasteiger partial charge >= 0.3 is 0 Å². The molecule has 0 saturated carbocycles. The van der Waals surface area contributed by atoms with Crippen LogP contribution in [0.3, 0.4) is 0 Å². The molecule has 7 nitrogen and oxygen atoms in total. The van der Waals surface area contributed by atoms with E-state index in [-0.39, 0.29) is 24.7 Å². The number of carbonyl (C=O) groups is 2. The average molecular weight is 356 g/mol. The molecule has 1 aliphatic rings. The highest BCUT2D eigenvalue weighted by Crippen LogP contribution is 2.26. The lowest BCUT2D eigenvalue weighted by atomic mass is 10.2. The number of carbonyl (C=O) groups excluding carboxylic acids is 2. The van der Waals surface area contributed by atoms with E-state index in [9.17, 15) is 9.59 Å². The number of amides is 2. The molecular formula is C19H24N4O3. The molecule has 26 heavy (non-hydrogen) atoms. The first kappa shape index (κ1) is 18.0. The van der Waals surface area contributed by atoms with E-state index in [1.54, 1.807) is 12.0 Å². The van der Waals surface area contributed by atoms with Gasteiger partial charge in [0, 0.05) is 32.0 Å². The number of nitrogens with zero attached hydrogens (tertiary/aromatic N) is 3. The number of fused-ring (bicyclic) bond motifs is 1. The summed E-state index contributed by atoms with van der Waals surface area (Å²) in [4.78, 5) is 26.6. The van der Waals surface area contributed by atoms with E-state index in [0.717, 1.165) is 30.0 Å². The maximum Gasteiger partial charge on any atom is 0.228 e. The lowest BCUT2D eigenvalue weighted by molar-refractivity contribution is -0.122. The molecule has 7 heteroatoms. The molecule has 1 N–H and O–H groups in total. The molecule has 1 aromatic carbocycles. The van der Waals surface area contributed by atoms with Crippen LogP contribution in [0.4, 0.5) is 11.5 Å². The van der Waals surface area contributed by atoms with Crippen molar-refractivity contribution >= 4 is 23.3 Å². The predicted octanol–water partition coefficient (Wildman–Crippen LogP) is 2.66. The van der Waals surface area contributed by atoms with Crippen LogP contribution >= 0.6 is 0 Å². The Morgan fingerprint density at radius 2 is 2.00 bits per heavy atom. The van der Waals surface area contributed by atoms with E-state index in [1.165, 1.54) is 0 Å². The first-order chi connectivity index (χ1) is 12.5. The number of ether oxygens (including phenoxy) is 1. The quantitative estimate of drug-likeness (QED) is 0.894. The number of anilines is 2. The van der Waals surface area contributed by atoms with Gasteiger partial charge in [0.1, 0.15) is 11.6 Å². The zero-order valence-electron chi connectivity index (χ0n) is 15.4. The summed E-state index contributed by atoms with van der Waals surface area (Å²) in [6.45, 7) is 5.34. The minimum absolute atomic E-state index is 0.0581. The zero-order valence-corrected chi connectivity index (χ0v) is 15.4. The van der Waals surface area contributed by atoms with Gasteiger partial charge in [-0.05, 0) is 38.0 Å². The highest BCUT2D eigenvalue weighted by molar-refractivity contribution is 5.98. The molecule has 0 fully saturated rings. The number of hydrogen-bond donors (Lipinski definition) is 1. The van der Waals surface area contributed by atoms with Gasteiger partial charge in [-0.3, -0.25) is 14.5 Å². The number of benzene rings is 1. The maximum atomic E-state index is 12.6. The van der Waals surface area contributed by atoms with Crippen LogP contribution in [0.1, 0.15) is 30.5 Å². The van der Waals surface area contributed by atoms with Crippen molar-refractivity contribution in [3.8, 4) is 5.75 Å². The molecule has 1 aliphatic heterocycles. The van der Waals surface area contributed by atoms with Crippen molar-refractivity contribution in [3.63, 3.8) is 0 Å². The number of aromatic nitrogens is 2. The number of hydrogen-bond acceptors (Lipinski definition) is 4. The summed E-state index contributed by atoms with van der Waals surface area (Å²) < 4.78 is 7.12. The summed E-state index contributed by atoms with van der Waals surface area (Å²) in [6.07, 6.45) is 1.15. The first-order valence-electron chi connectivity index (χ1n) is 8.77. The van der Waals surface area contributed by atoms with Gasteiger partial charge in [0.05, 0.1) is 18.5 Å². The Kier molecular flexibility index (Phi) is 5.25. The second kappa shape index (κ2) is 7.59. The Bertz CT molecular complexity index is 828. The third-order valence-corrected chi connectivity index (χ3v) is 4.41. The number of rotatable bonds is 5. The van der Waals surface area contributed by atoms with Gasteiger partial charge in [-0.15, -0.1) is 0 Å². The van der Waals surface area contributed by atoms with Gasteiger partial charge in [-0.1, -0.05) is 6.07 Å². The third kappa shape index (κ3) is 3.87. The summed E-state index contributed by atoms with van der Waals surface area (Å²) in [5.74, 6) is 1.16. The molecule has 1 aromatic heterocycles. The lowest BCUT2D eigenvalue weighted by Gasteiger charge is -2.27. The van der Waals surface area contributed by atoms with Crippen molar-refractivity contribution < 1.29 is 14.3 Å². The van der Waals surface area contributed by atoms with Gasteiger partial charge < -0.3 is 10.1 Å². The van der Waals surface area contributed by atoms with Crippen LogP contribution in [0.25, 0.3) is 0 Å². The van der Waals surface area contributed by atoms with E-state index >= 15 is 0 Å². The fourth-order valence-corrected chi connectivity index (χ4v) is 3.15. The van der Waals surface area contributed by atoms with Crippen LogP contribution in [0.5, 0.6) is 5.75 Å². The van der Waals surface area contributed by atoms with E-state index in [1.807, 2.05) is 42.8 Å². The van der Waals surface area contributed by atoms with E-state index in [0.29, 0.717) is 18.0 Å². The van der Waals surface area contributed by atoms with Crippen LogP contribution in [-0.4, -0.2) is 35.2 Å². The summed E-state index contributed by atoms with van der Waals surface area (Å²) in [6, 6.07) is 7.49. The van der Waals surface area contributed by atoms with Gasteiger partial charge in [-0.25, -0.2) is 4.68 Å². The maximum absolute atomic E-state index is 12.6. The van der Waals surface area contributed by atoms with Gasteiger partial charge in [0.2, 0.25) is 11.8 Å². The molecule has 0 aliphatic carbocycles. The Hall–Kier alpha value is -2.83. The zero-order chi connectivity index (χ0) is 18.7. The molecular weight excluding hydrogens is 332 g/mol. The van der Waals surface area contributed by atoms with E-state index in [4.69, 9.17) is 4.74 Å². The van der Waals surface area contributed by atoms with Crippen molar-refractivity contribution in [1.29, 1.82) is 0 Å². The normalized spacial score (nSPS) is 13.3. The Morgan fingerprint density at radius 1 is 1.19 bits per heavy atom. The Balaban J connectivity index is 1.60. The smallest absolute Gasteiger partial charge is 0.228 e. The minimum atomic E-state index is -0.205. The molecule has 0 unspecified atom stereocenters. The van der Waals surface area contributed by atoms with Gasteiger partial charge in [-0.2, -0.15) is 5.10 Å². The van der Waals surface area contributed by atoms with Crippen molar-refractivity contribution in [2.24, 2.45) is 0 Å². The fourth-order valence-electron chi connectivity index (χ4n) is 3.15. The lowest BCUT2D eigenvalue weighted by Crippen LogP contribution is -2.37. The van der Waals surface area contributed by atoms with Crippen molar-refractivity contribution in [2.75, 3.05) is 23.9 Å². The van der Waals surface area contributed by atoms with Crippen molar-refractivity contribution in [3.05, 3.63) is 35.5 Å². The molecule has 138 valence electrons. The van der Waals surface area contributed by atoms with Gasteiger partial charge in [0.25, 0.3) is 0 Å². The third-order valence-electron chi connectivity index (χ3n) is 4.41. The number of nitrogens with one attached hydrogen (secondary N) is 1. The van der Waals surface area contributed by atoms with Crippen LogP contribution < -0.4 is 15.0 Å². The van der Waals surface area contributed by atoms with Crippen molar-refractivity contribution in [2.45, 2.75) is 39.7 Å². The Labute approximate surface area is 152 Å². The molecule has 0 spiro atoms. The monoisotopic (exact) mass is 356 g/mol. The number of aryl methyl sites for hydroxylation is 3. The molecule has 3 rings (SSSR count). The van der Waals surface area contributed by atoms with Crippen molar-refractivity contribution in [1.82, 2.24) is 9.78 Å². The van der Waals surface area contributed by atoms with Crippen LogP contribution in [0.15, 0.2) is 24.3 Å². The molecule has 0 radical (unpaired) electrons. The molecule has 0 bridgehead atoms. The number of methoxy groups -OCH3 is 1. The first-order valence-corrected chi connectivity index (χ1v) is 8.77. The molecule has 0 atom stereocenters. The SMILES string of the molecule is COc1ccc(C)cc1NC(=O)CCC(=O)N1CCCn2nc(C)cc21. The topological polar surface area (TPSA) is 76.5 Å². The van der Waals surface area contributed by atoms with Crippen LogP contribution in [-0.2, 0) is 16.1 Å². The molecule has 2 aromatic rings. The summed E-state index contributed by atoms with van der Waals surface area (Å²) >= 11 is 0. The largest absolute Gasteiger partial charge is 0.495 e. The van der Waals surface area contributed by atoms with Gasteiger partial charge in [0.15, 0.2) is 0 Å². The van der Waals surface area contributed by atoms with Crippen LogP contribution in [0.2, 0.25) is 0 Å². The second-order valence-electron chi connectivity index (χ2n) is 6.52. The molecule has 0 saturated heterocycles. The summed E-state index contributed by atoms with van der Waals surface area (Å²) in [7, 11) is 1.56.